The molecule has 8 heteroatoms. The number of benzene rings is 2. The van der Waals surface area contributed by atoms with E-state index < -0.39 is 0 Å². The van der Waals surface area contributed by atoms with Gasteiger partial charge in [-0.15, -0.1) is 10.2 Å². The molecule has 1 aliphatic rings. The SMILES string of the molecule is O=C1c2ccccc2C(=O)N1CCSc1nnc2c(n1)[nH]c1ccccc12. The molecule has 5 rings (SSSR count). The van der Waals surface area contributed by atoms with Gasteiger partial charge in [0.2, 0.25) is 5.16 Å². The first-order valence-electron chi connectivity index (χ1n) is 8.41. The van der Waals surface area contributed by atoms with E-state index >= 15 is 0 Å². The minimum absolute atomic E-state index is 0.249. The number of carbonyl (C=O) groups excluding carboxylic acids is 2. The van der Waals surface area contributed by atoms with Gasteiger partial charge in [-0.3, -0.25) is 14.5 Å². The van der Waals surface area contributed by atoms with Crippen LogP contribution in [0.1, 0.15) is 20.7 Å². The third-order valence-corrected chi connectivity index (χ3v) is 5.34. The van der Waals surface area contributed by atoms with Crippen LogP contribution in [0.4, 0.5) is 0 Å². The Kier molecular flexibility index (Phi) is 3.64. The van der Waals surface area contributed by atoms with E-state index in [2.05, 4.69) is 20.2 Å². The predicted molar refractivity (Wildman–Crippen MR) is 102 cm³/mol. The molecule has 1 N–H and O–H groups in total. The van der Waals surface area contributed by atoms with Crippen molar-refractivity contribution < 1.29 is 9.59 Å². The highest BCUT2D eigenvalue weighted by Crippen LogP contribution is 2.25. The summed E-state index contributed by atoms with van der Waals surface area (Å²) in [6.07, 6.45) is 0. The molecule has 132 valence electrons. The van der Waals surface area contributed by atoms with Crippen molar-refractivity contribution in [3.05, 3.63) is 59.7 Å². The van der Waals surface area contributed by atoms with Crippen molar-refractivity contribution >= 4 is 45.6 Å². The Morgan fingerprint density at radius 1 is 0.926 bits per heavy atom. The topological polar surface area (TPSA) is 91.8 Å². The van der Waals surface area contributed by atoms with Crippen LogP contribution in [0.2, 0.25) is 0 Å². The Balaban J connectivity index is 1.31. The number of H-pyrrole nitrogens is 1. The van der Waals surface area contributed by atoms with E-state index in [1.165, 1.54) is 16.7 Å². The normalized spacial score (nSPS) is 13.7. The van der Waals surface area contributed by atoms with E-state index in [9.17, 15) is 9.59 Å². The molecule has 0 saturated heterocycles. The summed E-state index contributed by atoms with van der Waals surface area (Å²) in [4.78, 5) is 33.7. The molecule has 27 heavy (non-hydrogen) atoms. The van der Waals surface area contributed by atoms with Gasteiger partial charge in [-0.25, -0.2) is 4.98 Å². The van der Waals surface area contributed by atoms with E-state index in [4.69, 9.17) is 0 Å². The third-order valence-electron chi connectivity index (χ3n) is 4.53. The molecule has 2 aromatic heterocycles. The highest BCUT2D eigenvalue weighted by molar-refractivity contribution is 7.99. The maximum Gasteiger partial charge on any atom is 0.261 e. The molecule has 0 unspecified atom stereocenters. The summed E-state index contributed by atoms with van der Waals surface area (Å²) in [7, 11) is 0. The molecule has 2 aromatic carbocycles. The number of hydrogen-bond donors (Lipinski definition) is 1. The quantitative estimate of drug-likeness (QED) is 0.436. The number of para-hydroxylation sites is 1. The fourth-order valence-electron chi connectivity index (χ4n) is 3.24. The van der Waals surface area contributed by atoms with Crippen LogP contribution in [-0.4, -0.2) is 49.2 Å². The maximum absolute atomic E-state index is 12.4. The van der Waals surface area contributed by atoms with Crippen molar-refractivity contribution in [2.45, 2.75) is 5.16 Å². The number of carbonyl (C=O) groups is 2. The van der Waals surface area contributed by atoms with Gasteiger partial charge in [0.05, 0.1) is 11.1 Å². The van der Waals surface area contributed by atoms with Crippen molar-refractivity contribution in [3.63, 3.8) is 0 Å². The number of nitrogens with one attached hydrogen (secondary N) is 1. The standard InChI is InChI=1S/C19H13N5O2S/c25-17-11-5-1-2-6-12(11)18(26)24(17)9-10-27-19-21-16-15(22-23-19)13-7-3-4-8-14(13)20-16/h1-8H,9-10H2,(H,20,21,23). The first kappa shape index (κ1) is 16.0. The summed E-state index contributed by atoms with van der Waals surface area (Å²) >= 11 is 1.36. The molecular formula is C19H13N5O2S. The van der Waals surface area contributed by atoms with E-state index in [0.29, 0.717) is 34.2 Å². The second-order valence-electron chi connectivity index (χ2n) is 6.12. The minimum Gasteiger partial charge on any atom is -0.338 e. The van der Waals surface area contributed by atoms with Gasteiger partial charge in [-0.2, -0.15) is 0 Å². The van der Waals surface area contributed by atoms with Crippen LogP contribution in [0.25, 0.3) is 22.1 Å². The van der Waals surface area contributed by atoms with Gasteiger partial charge in [-0.1, -0.05) is 42.1 Å². The lowest BCUT2D eigenvalue weighted by Gasteiger charge is -2.12. The molecule has 0 saturated carbocycles. The van der Waals surface area contributed by atoms with Gasteiger partial charge in [-0.05, 0) is 18.2 Å². The van der Waals surface area contributed by atoms with Crippen LogP contribution in [0.15, 0.2) is 53.7 Å². The van der Waals surface area contributed by atoms with E-state index in [1.54, 1.807) is 24.3 Å². The molecule has 1 aliphatic heterocycles. The van der Waals surface area contributed by atoms with E-state index in [0.717, 1.165) is 16.4 Å². The summed E-state index contributed by atoms with van der Waals surface area (Å²) in [6, 6.07) is 14.7. The van der Waals surface area contributed by atoms with Crippen LogP contribution >= 0.6 is 11.8 Å². The highest BCUT2D eigenvalue weighted by Gasteiger charge is 2.34. The number of aromatic amines is 1. The number of nitrogens with zero attached hydrogens (tertiary/aromatic N) is 4. The van der Waals surface area contributed by atoms with Crippen LogP contribution in [0.3, 0.4) is 0 Å². The first-order chi connectivity index (χ1) is 13.2. The molecule has 0 bridgehead atoms. The molecule has 2 amide bonds. The van der Waals surface area contributed by atoms with E-state index in [-0.39, 0.29) is 11.8 Å². The lowest BCUT2D eigenvalue weighted by Crippen LogP contribution is -2.31. The number of aromatic nitrogens is 4. The summed E-state index contributed by atoms with van der Waals surface area (Å²) in [6.45, 7) is 0.297. The second kappa shape index (κ2) is 6.17. The summed E-state index contributed by atoms with van der Waals surface area (Å²) in [5.74, 6) is 0.00132. The number of thioether (sulfide) groups is 1. The average molecular weight is 375 g/mol. The van der Waals surface area contributed by atoms with Crippen LogP contribution < -0.4 is 0 Å². The van der Waals surface area contributed by atoms with Gasteiger partial charge in [0.1, 0.15) is 5.52 Å². The zero-order valence-corrected chi connectivity index (χ0v) is 14.9. The predicted octanol–water partition coefficient (Wildman–Crippen LogP) is 2.89. The minimum atomic E-state index is -0.249. The van der Waals surface area contributed by atoms with E-state index in [1.807, 2.05) is 24.3 Å². The Bertz CT molecular complexity index is 1180. The Hall–Kier alpha value is -3.26. The van der Waals surface area contributed by atoms with Crippen molar-refractivity contribution in [2.24, 2.45) is 0 Å². The monoisotopic (exact) mass is 375 g/mol. The lowest BCUT2D eigenvalue weighted by molar-refractivity contribution is 0.0664. The van der Waals surface area contributed by atoms with Crippen molar-refractivity contribution in [1.29, 1.82) is 0 Å². The smallest absolute Gasteiger partial charge is 0.261 e. The van der Waals surface area contributed by atoms with Gasteiger partial charge in [0.25, 0.3) is 11.8 Å². The molecule has 7 nitrogen and oxygen atoms in total. The summed E-state index contributed by atoms with van der Waals surface area (Å²) < 4.78 is 0. The molecule has 3 heterocycles. The number of rotatable bonds is 4. The van der Waals surface area contributed by atoms with Crippen molar-refractivity contribution in [3.8, 4) is 0 Å². The van der Waals surface area contributed by atoms with Crippen LogP contribution in [0.5, 0.6) is 0 Å². The Morgan fingerprint density at radius 2 is 1.63 bits per heavy atom. The largest absolute Gasteiger partial charge is 0.338 e. The lowest BCUT2D eigenvalue weighted by atomic mass is 10.1. The molecule has 4 aromatic rings. The summed E-state index contributed by atoms with van der Waals surface area (Å²) in [5.41, 5.74) is 3.29. The number of fused-ring (bicyclic) bond motifs is 4. The molecular weight excluding hydrogens is 362 g/mol. The molecule has 0 fully saturated rings. The first-order valence-corrected chi connectivity index (χ1v) is 9.40. The zero-order chi connectivity index (χ0) is 18.4. The van der Waals surface area contributed by atoms with Crippen molar-refractivity contribution in [1.82, 2.24) is 25.1 Å². The second-order valence-corrected chi connectivity index (χ2v) is 7.18. The third kappa shape index (κ3) is 2.57. The summed E-state index contributed by atoms with van der Waals surface area (Å²) in [5, 5.41) is 9.92. The molecule has 0 aliphatic carbocycles. The van der Waals surface area contributed by atoms with Crippen LogP contribution in [0, 0.1) is 0 Å². The fourth-order valence-corrected chi connectivity index (χ4v) is 3.95. The average Bonchev–Trinajstić information content (AvgIpc) is 3.18. The van der Waals surface area contributed by atoms with Gasteiger partial charge < -0.3 is 4.98 Å². The Labute approximate surface area is 157 Å². The van der Waals surface area contributed by atoms with Gasteiger partial charge in [0.15, 0.2) is 5.65 Å². The van der Waals surface area contributed by atoms with Crippen LogP contribution in [-0.2, 0) is 0 Å². The number of hydrogen-bond acceptors (Lipinski definition) is 6. The fraction of sp³-hybridized carbons (Fsp3) is 0.105. The highest BCUT2D eigenvalue weighted by atomic mass is 32.2. The molecule has 0 radical (unpaired) electrons. The number of imide groups is 1. The maximum atomic E-state index is 12.4. The van der Waals surface area contributed by atoms with Gasteiger partial charge >= 0.3 is 0 Å². The van der Waals surface area contributed by atoms with Gasteiger partial charge in [0, 0.05) is 23.2 Å². The molecule has 0 spiro atoms. The Morgan fingerprint density at radius 3 is 2.41 bits per heavy atom. The molecule has 0 atom stereocenters. The van der Waals surface area contributed by atoms with Crippen molar-refractivity contribution in [2.75, 3.05) is 12.3 Å². The zero-order valence-electron chi connectivity index (χ0n) is 14.0. The number of amides is 2.